The number of carbonyl (C=O) groups excluding carboxylic acids is 1. The molecule has 9 heteroatoms. The normalized spacial score (nSPS) is 15.4. The Labute approximate surface area is 194 Å². The number of rotatable bonds is 6. The van der Waals surface area contributed by atoms with E-state index < -0.39 is 0 Å². The molecule has 8 nitrogen and oxygen atoms in total. The molecule has 33 heavy (non-hydrogen) atoms. The number of aromatic nitrogens is 4. The summed E-state index contributed by atoms with van der Waals surface area (Å²) in [6.45, 7) is 1.24. The van der Waals surface area contributed by atoms with E-state index in [0.717, 1.165) is 46.7 Å². The van der Waals surface area contributed by atoms with Crippen LogP contribution in [0.2, 0.25) is 0 Å². The number of nitrogens with zero attached hydrogens (tertiary/aromatic N) is 3. The van der Waals surface area contributed by atoms with Gasteiger partial charge >= 0.3 is 0 Å². The number of ether oxygens (including phenoxy) is 2. The van der Waals surface area contributed by atoms with Crippen LogP contribution >= 0.6 is 11.8 Å². The standard InChI is InChI=1S/C24H23N5O3S/c30-22(26-15-6-9-20-21(12-15)32-11-3-10-31-20)14-33-24-28-27-23(29(24)16-7-8-16)18-13-25-19-5-2-1-4-17(18)19/h1-2,4-6,9,12-13,16,25H,3,7-8,10-11,14H2,(H,26,30). The lowest BCUT2D eigenvalue weighted by Crippen LogP contribution is -2.14. The summed E-state index contributed by atoms with van der Waals surface area (Å²) in [7, 11) is 0. The van der Waals surface area contributed by atoms with Crippen molar-refractivity contribution < 1.29 is 14.3 Å². The molecule has 1 aliphatic heterocycles. The molecule has 2 aromatic heterocycles. The molecule has 0 bridgehead atoms. The summed E-state index contributed by atoms with van der Waals surface area (Å²) in [6, 6.07) is 14.0. The molecule has 0 unspecified atom stereocenters. The zero-order chi connectivity index (χ0) is 22.2. The van der Waals surface area contributed by atoms with Gasteiger partial charge in [-0.15, -0.1) is 10.2 Å². The topological polar surface area (TPSA) is 94.1 Å². The van der Waals surface area contributed by atoms with Crippen LogP contribution in [0.1, 0.15) is 25.3 Å². The third-order valence-electron chi connectivity index (χ3n) is 5.77. The minimum Gasteiger partial charge on any atom is -0.490 e. The minimum absolute atomic E-state index is 0.103. The summed E-state index contributed by atoms with van der Waals surface area (Å²) < 4.78 is 13.5. The number of aromatic amines is 1. The van der Waals surface area contributed by atoms with Crippen molar-refractivity contribution in [3.63, 3.8) is 0 Å². The average molecular weight is 462 g/mol. The highest BCUT2D eigenvalue weighted by molar-refractivity contribution is 7.99. The number of carbonyl (C=O) groups is 1. The molecule has 0 saturated heterocycles. The molecular weight excluding hydrogens is 438 g/mol. The fourth-order valence-electron chi connectivity index (χ4n) is 4.05. The Morgan fingerprint density at radius 3 is 2.85 bits per heavy atom. The first-order valence-electron chi connectivity index (χ1n) is 11.1. The van der Waals surface area contributed by atoms with E-state index in [1.807, 2.05) is 36.5 Å². The van der Waals surface area contributed by atoms with Crippen molar-refractivity contribution in [3.8, 4) is 22.9 Å². The Bertz CT molecular complexity index is 1330. The lowest BCUT2D eigenvalue weighted by molar-refractivity contribution is -0.113. The van der Waals surface area contributed by atoms with Gasteiger partial charge in [0.25, 0.3) is 0 Å². The van der Waals surface area contributed by atoms with Gasteiger partial charge in [-0.25, -0.2) is 0 Å². The Kier molecular flexibility index (Phi) is 5.18. The number of nitrogens with one attached hydrogen (secondary N) is 2. The van der Waals surface area contributed by atoms with E-state index in [9.17, 15) is 4.79 Å². The molecule has 1 amide bonds. The number of amides is 1. The predicted octanol–water partition coefficient (Wildman–Crippen LogP) is 4.65. The first kappa shape index (κ1) is 20.2. The molecule has 0 spiro atoms. The number of thioether (sulfide) groups is 1. The molecule has 1 saturated carbocycles. The van der Waals surface area contributed by atoms with Crippen molar-refractivity contribution >= 4 is 34.3 Å². The number of para-hydroxylation sites is 1. The zero-order valence-corrected chi connectivity index (χ0v) is 18.7. The van der Waals surface area contributed by atoms with Gasteiger partial charge in [-0.2, -0.15) is 0 Å². The Hall–Kier alpha value is -3.46. The van der Waals surface area contributed by atoms with Crippen LogP contribution in [-0.4, -0.2) is 44.6 Å². The molecule has 4 aromatic rings. The molecule has 6 rings (SSSR count). The first-order chi connectivity index (χ1) is 16.3. The van der Waals surface area contributed by atoms with Crippen LogP contribution in [0, 0.1) is 0 Å². The van der Waals surface area contributed by atoms with Crippen LogP contribution in [-0.2, 0) is 4.79 Å². The Balaban J connectivity index is 1.18. The largest absolute Gasteiger partial charge is 0.490 e. The number of fused-ring (bicyclic) bond motifs is 2. The van der Waals surface area contributed by atoms with Gasteiger partial charge in [0.05, 0.1) is 19.0 Å². The highest BCUT2D eigenvalue weighted by atomic mass is 32.2. The van der Waals surface area contributed by atoms with E-state index in [4.69, 9.17) is 9.47 Å². The fourth-order valence-corrected chi connectivity index (χ4v) is 4.85. The second-order valence-electron chi connectivity index (χ2n) is 8.20. The quantitative estimate of drug-likeness (QED) is 0.406. The smallest absolute Gasteiger partial charge is 0.234 e. The van der Waals surface area contributed by atoms with Crippen LogP contribution in [0.5, 0.6) is 11.5 Å². The number of hydrogen-bond acceptors (Lipinski definition) is 6. The zero-order valence-electron chi connectivity index (χ0n) is 17.9. The number of benzene rings is 2. The van der Waals surface area contributed by atoms with E-state index in [1.165, 1.54) is 11.8 Å². The number of hydrogen-bond donors (Lipinski definition) is 2. The van der Waals surface area contributed by atoms with Crippen LogP contribution in [0.25, 0.3) is 22.3 Å². The van der Waals surface area contributed by atoms with Gasteiger partial charge in [0.2, 0.25) is 5.91 Å². The summed E-state index contributed by atoms with van der Waals surface area (Å²) >= 11 is 1.41. The lowest BCUT2D eigenvalue weighted by atomic mass is 10.1. The van der Waals surface area contributed by atoms with E-state index in [1.54, 1.807) is 0 Å². The molecule has 168 valence electrons. The maximum atomic E-state index is 12.7. The van der Waals surface area contributed by atoms with Crippen molar-refractivity contribution in [2.45, 2.75) is 30.5 Å². The summed E-state index contributed by atoms with van der Waals surface area (Å²) in [5.74, 6) is 2.36. The summed E-state index contributed by atoms with van der Waals surface area (Å²) in [4.78, 5) is 16.0. The van der Waals surface area contributed by atoms with Crippen molar-refractivity contribution in [1.29, 1.82) is 0 Å². The van der Waals surface area contributed by atoms with Crippen LogP contribution < -0.4 is 14.8 Å². The Morgan fingerprint density at radius 1 is 1.12 bits per heavy atom. The maximum Gasteiger partial charge on any atom is 0.234 e. The maximum absolute atomic E-state index is 12.7. The molecule has 0 radical (unpaired) electrons. The molecule has 3 heterocycles. The summed E-state index contributed by atoms with van der Waals surface area (Å²) in [5.41, 5.74) is 2.79. The van der Waals surface area contributed by atoms with E-state index in [0.29, 0.717) is 36.4 Å². The fraction of sp³-hybridized carbons (Fsp3) is 0.292. The van der Waals surface area contributed by atoms with Gasteiger partial charge in [-0.3, -0.25) is 9.36 Å². The molecule has 0 atom stereocenters. The number of H-pyrrole nitrogens is 1. The van der Waals surface area contributed by atoms with Crippen molar-refractivity contribution in [1.82, 2.24) is 19.7 Å². The van der Waals surface area contributed by atoms with Crippen LogP contribution in [0.15, 0.2) is 53.8 Å². The van der Waals surface area contributed by atoms with E-state index >= 15 is 0 Å². The third-order valence-corrected chi connectivity index (χ3v) is 6.71. The second-order valence-corrected chi connectivity index (χ2v) is 9.15. The van der Waals surface area contributed by atoms with Gasteiger partial charge in [0.1, 0.15) is 0 Å². The van der Waals surface area contributed by atoms with Crippen molar-refractivity contribution in [3.05, 3.63) is 48.7 Å². The summed E-state index contributed by atoms with van der Waals surface area (Å²) in [6.07, 6.45) is 5.03. The van der Waals surface area contributed by atoms with Gasteiger partial charge in [0.15, 0.2) is 22.5 Å². The highest BCUT2D eigenvalue weighted by Crippen LogP contribution is 2.42. The van der Waals surface area contributed by atoms with Crippen LogP contribution in [0.4, 0.5) is 5.69 Å². The van der Waals surface area contributed by atoms with Crippen molar-refractivity contribution in [2.75, 3.05) is 24.3 Å². The molecule has 2 aromatic carbocycles. The SMILES string of the molecule is O=C(CSc1nnc(-c2c[nH]c3ccccc23)n1C1CC1)Nc1ccc2c(c1)OCCCO2. The number of anilines is 1. The summed E-state index contributed by atoms with van der Waals surface area (Å²) in [5, 5.41) is 13.8. The molecule has 2 aliphatic rings. The molecule has 1 fully saturated rings. The monoisotopic (exact) mass is 461 g/mol. The van der Waals surface area contributed by atoms with E-state index in [2.05, 4.69) is 37.2 Å². The van der Waals surface area contributed by atoms with Gasteiger partial charge in [-0.05, 0) is 31.0 Å². The van der Waals surface area contributed by atoms with E-state index in [-0.39, 0.29) is 11.7 Å². The minimum atomic E-state index is -0.103. The molecule has 1 aliphatic carbocycles. The average Bonchev–Trinajstić information content (AvgIpc) is 3.51. The van der Waals surface area contributed by atoms with Crippen molar-refractivity contribution in [2.24, 2.45) is 0 Å². The first-order valence-corrected chi connectivity index (χ1v) is 12.1. The highest BCUT2D eigenvalue weighted by Gasteiger charge is 2.31. The third kappa shape index (κ3) is 4.04. The molecule has 2 N–H and O–H groups in total. The van der Waals surface area contributed by atoms with Crippen LogP contribution in [0.3, 0.4) is 0 Å². The Morgan fingerprint density at radius 2 is 1.97 bits per heavy atom. The lowest BCUT2D eigenvalue weighted by Gasteiger charge is -2.11. The second kappa shape index (κ2) is 8.47. The van der Waals surface area contributed by atoms with Gasteiger partial charge < -0.3 is 19.8 Å². The van der Waals surface area contributed by atoms with Gasteiger partial charge in [0, 0.05) is 46.9 Å². The molecular formula is C24H23N5O3S. The van der Waals surface area contributed by atoms with Gasteiger partial charge in [-0.1, -0.05) is 30.0 Å². The predicted molar refractivity (Wildman–Crippen MR) is 127 cm³/mol.